The molecule has 8 nitrogen and oxygen atoms in total. The minimum absolute atomic E-state index is 0.123. The van der Waals surface area contributed by atoms with E-state index in [9.17, 15) is 24.0 Å². The Morgan fingerprint density at radius 2 is 1.82 bits per heavy atom. The van der Waals surface area contributed by atoms with Gasteiger partial charge in [0.15, 0.2) is 6.10 Å². The molecule has 4 amide bonds. The lowest BCUT2D eigenvalue weighted by Crippen LogP contribution is -2.30. The third kappa shape index (κ3) is 4.00. The van der Waals surface area contributed by atoms with Crippen LogP contribution in [-0.4, -0.2) is 47.1 Å². The fourth-order valence-corrected chi connectivity index (χ4v) is 2.21. The summed E-state index contributed by atoms with van der Waals surface area (Å²) in [6.45, 7) is 0.319. The van der Waals surface area contributed by atoms with Gasteiger partial charge in [0.2, 0.25) is 5.91 Å². The van der Waals surface area contributed by atoms with Gasteiger partial charge >= 0.3 is 5.97 Å². The van der Waals surface area contributed by atoms with Crippen LogP contribution < -0.4 is 5.32 Å². The molecule has 0 aromatic carbocycles. The van der Waals surface area contributed by atoms with Crippen LogP contribution in [0.5, 0.6) is 0 Å². The monoisotopic (exact) mass is 308 g/mol. The molecule has 2 heterocycles. The zero-order chi connectivity index (χ0) is 16.1. The number of nitrogens with zero attached hydrogens (tertiary/aromatic N) is 1. The largest absolute Gasteiger partial charge is 0.452 e. The second-order valence-corrected chi connectivity index (χ2v) is 5.07. The van der Waals surface area contributed by atoms with E-state index in [0.717, 1.165) is 4.90 Å². The van der Waals surface area contributed by atoms with Gasteiger partial charge in [0, 0.05) is 25.1 Å². The normalized spacial score (nSPS) is 20.7. The van der Waals surface area contributed by atoms with E-state index >= 15 is 0 Å². The summed E-state index contributed by atoms with van der Waals surface area (Å²) in [5, 5.41) is 2.06. The van der Waals surface area contributed by atoms with Crippen LogP contribution in [0.25, 0.3) is 0 Å². The van der Waals surface area contributed by atoms with Crippen molar-refractivity contribution in [3.63, 3.8) is 0 Å². The summed E-state index contributed by atoms with van der Waals surface area (Å²) in [5.74, 6) is -2.21. The maximum absolute atomic E-state index is 11.5. The molecule has 0 radical (unpaired) electrons. The van der Waals surface area contributed by atoms with Gasteiger partial charge in [-0.1, -0.05) is 6.42 Å². The second-order valence-electron chi connectivity index (χ2n) is 5.07. The molecule has 0 bridgehead atoms. The van der Waals surface area contributed by atoms with Crippen molar-refractivity contribution in [2.75, 3.05) is 6.54 Å². The van der Waals surface area contributed by atoms with E-state index in [0.29, 0.717) is 25.8 Å². The number of hydrogen-bond acceptors (Lipinski definition) is 6. The van der Waals surface area contributed by atoms with E-state index in [-0.39, 0.29) is 24.7 Å². The van der Waals surface area contributed by atoms with Crippen molar-refractivity contribution in [2.24, 2.45) is 0 Å². The first-order chi connectivity index (χ1) is 10.5. The summed E-state index contributed by atoms with van der Waals surface area (Å²) in [5.41, 5.74) is 0. The zero-order valence-electron chi connectivity index (χ0n) is 11.9. The molecular formula is C14H16N2O6. The Balaban J connectivity index is 1.58. The maximum Gasteiger partial charge on any atom is 0.306 e. The van der Waals surface area contributed by atoms with Crippen LogP contribution in [0.2, 0.25) is 0 Å². The van der Waals surface area contributed by atoms with Crippen molar-refractivity contribution in [1.29, 1.82) is 0 Å². The van der Waals surface area contributed by atoms with E-state index in [1.165, 1.54) is 12.2 Å². The number of carbonyl (C=O) groups is 5. The average Bonchev–Trinajstić information content (AvgIpc) is 2.93. The molecule has 1 saturated heterocycles. The average molecular weight is 308 g/mol. The predicted octanol–water partition coefficient (Wildman–Crippen LogP) is -0.570. The Morgan fingerprint density at radius 1 is 1.14 bits per heavy atom. The van der Waals surface area contributed by atoms with Crippen LogP contribution in [0.15, 0.2) is 12.2 Å². The Morgan fingerprint density at radius 3 is 2.41 bits per heavy atom. The van der Waals surface area contributed by atoms with Gasteiger partial charge in [-0.3, -0.25) is 34.2 Å². The van der Waals surface area contributed by atoms with Gasteiger partial charge in [0.05, 0.1) is 6.42 Å². The number of unbranched alkanes of at least 4 members (excludes halogenated alkanes) is 2. The van der Waals surface area contributed by atoms with Gasteiger partial charge in [0.1, 0.15) is 0 Å². The molecule has 0 spiro atoms. The van der Waals surface area contributed by atoms with Crippen LogP contribution in [0.4, 0.5) is 0 Å². The minimum atomic E-state index is -1.02. The third-order valence-corrected chi connectivity index (χ3v) is 3.36. The fraction of sp³-hybridized carbons (Fsp3) is 0.500. The number of rotatable bonds is 7. The molecule has 0 aromatic rings. The predicted molar refractivity (Wildman–Crippen MR) is 72.0 cm³/mol. The van der Waals surface area contributed by atoms with E-state index in [1.54, 1.807) is 0 Å². The standard InChI is InChI=1S/C14H16N2O6/c17-10-8-9(14(21)15-10)22-13(20)4-2-1-3-7-16-11(18)5-6-12(16)19/h5-6,9H,1-4,7-8H2,(H,15,17,21). The van der Waals surface area contributed by atoms with Gasteiger partial charge in [-0.2, -0.15) is 0 Å². The number of esters is 1. The summed E-state index contributed by atoms with van der Waals surface area (Å²) in [6, 6.07) is 0. The van der Waals surface area contributed by atoms with Gasteiger partial charge < -0.3 is 4.74 Å². The molecule has 0 saturated carbocycles. The van der Waals surface area contributed by atoms with Gasteiger partial charge in [0.25, 0.3) is 17.7 Å². The molecule has 2 aliphatic rings. The first-order valence-electron chi connectivity index (χ1n) is 7.04. The number of carbonyl (C=O) groups excluding carboxylic acids is 5. The fourth-order valence-electron chi connectivity index (χ4n) is 2.21. The number of hydrogen-bond donors (Lipinski definition) is 1. The number of imide groups is 2. The van der Waals surface area contributed by atoms with Crippen molar-refractivity contribution >= 4 is 29.6 Å². The van der Waals surface area contributed by atoms with Crippen molar-refractivity contribution in [3.05, 3.63) is 12.2 Å². The van der Waals surface area contributed by atoms with E-state index < -0.39 is 23.9 Å². The summed E-state index contributed by atoms with van der Waals surface area (Å²) in [7, 11) is 0. The molecule has 22 heavy (non-hydrogen) atoms. The van der Waals surface area contributed by atoms with Crippen molar-refractivity contribution in [1.82, 2.24) is 10.2 Å². The molecule has 0 aromatic heterocycles. The first-order valence-corrected chi connectivity index (χ1v) is 7.04. The highest BCUT2D eigenvalue weighted by molar-refractivity contribution is 6.12. The Hall–Kier alpha value is -2.51. The molecule has 1 atom stereocenters. The summed E-state index contributed by atoms with van der Waals surface area (Å²) in [4.78, 5) is 57.4. The van der Waals surface area contributed by atoms with Crippen molar-refractivity contribution < 1.29 is 28.7 Å². The Labute approximate surface area is 126 Å². The molecule has 2 aliphatic heterocycles. The Bertz CT molecular complexity index is 536. The number of amides is 4. The third-order valence-electron chi connectivity index (χ3n) is 3.36. The van der Waals surface area contributed by atoms with Gasteiger partial charge in [-0.15, -0.1) is 0 Å². The van der Waals surface area contributed by atoms with Crippen LogP contribution in [0, 0.1) is 0 Å². The zero-order valence-corrected chi connectivity index (χ0v) is 11.9. The topological polar surface area (TPSA) is 110 Å². The second kappa shape index (κ2) is 6.97. The Kier molecular flexibility index (Phi) is 5.03. The lowest BCUT2D eigenvalue weighted by atomic mass is 10.2. The molecular weight excluding hydrogens is 292 g/mol. The molecule has 1 N–H and O–H groups in total. The van der Waals surface area contributed by atoms with Crippen molar-refractivity contribution in [3.8, 4) is 0 Å². The molecule has 8 heteroatoms. The summed E-state index contributed by atoms with van der Waals surface area (Å²) in [6.07, 6.45) is 3.18. The highest BCUT2D eigenvalue weighted by atomic mass is 16.5. The summed E-state index contributed by atoms with van der Waals surface area (Å²) < 4.78 is 4.91. The number of ether oxygens (including phenoxy) is 1. The van der Waals surface area contributed by atoms with Gasteiger partial charge in [-0.25, -0.2) is 0 Å². The van der Waals surface area contributed by atoms with E-state index in [4.69, 9.17) is 4.74 Å². The van der Waals surface area contributed by atoms with E-state index in [1.807, 2.05) is 0 Å². The molecule has 1 unspecified atom stereocenters. The van der Waals surface area contributed by atoms with Crippen LogP contribution in [0.3, 0.4) is 0 Å². The molecule has 2 rings (SSSR count). The SMILES string of the molecule is O=C1CC(OC(=O)CCCCCN2C(=O)C=CC2=O)C(=O)N1. The molecule has 118 valence electrons. The molecule has 0 aliphatic carbocycles. The van der Waals surface area contributed by atoms with Crippen LogP contribution >= 0.6 is 0 Å². The minimum Gasteiger partial charge on any atom is -0.452 e. The highest BCUT2D eigenvalue weighted by Crippen LogP contribution is 2.11. The number of nitrogens with one attached hydrogen (secondary N) is 1. The highest BCUT2D eigenvalue weighted by Gasteiger charge is 2.33. The molecule has 1 fully saturated rings. The van der Waals surface area contributed by atoms with Crippen LogP contribution in [-0.2, 0) is 28.7 Å². The smallest absolute Gasteiger partial charge is 0.306 e. The van der Waals surface area contributed by atoms with E-state index in [2.05, 4.69) is 5.32 Å². The first kappa shape index (κ1) is 15.9. The maximum atomic E-state index is 11.5. The van der Waals surface area contributed by atoms with Crippen LogP contribution in [0.1, 0.15) is 32.1 Å². The van der Waals surface area contributed by atoms with Gasteiger partial charge in [-0.05, 0) is 12.8 Å². The van der Waals surface area contributed by atoms with Crippen molar-refractivity contribution in [2.45, 2.75) is 38.2 Å². The lowest BCUT2D eigenvalue weighted by molar-refractivity contribution is -0.154. The quantitative estimate of drug-likeness (QED) is 0.383. The summed E-state index contributed by atoms with van der Waals surface area (Å²) >= 11 is 0. The lowest BCUT2D eigenvalue weighted by Gasteiger charge is -2.13.